The van der Waals surface area contributed by atoms with Gasteiger partial charge in [0.15, 0.2) is 0 Å². The summed E-state index contributed by atoms with van der Waals surface area (Å²) >= 11 is 1.68. The Morgan fingerprint density at radius 3 is 3.00 bits per heavy atom. The molecule has 1 atom stereocenters. The average molecular weight is 340 g/mol. The number of nitrogens with one attached hydrogen (secondary N) is 1. The van der Waals surface area contributed by atoms with Crippen LogP contribution in [-0.2, 0) is 11.3 Å². The van der Waals surface area contributed by atoms with E-state index in [9.17, 15) is 5.11 Å². The van der Waals surface area contributed by atoms with Crippen LogP contribution >= 0.6 is 11.3 Å². The number of thiazole rings is 1. The van der Waals surface area contributed by atoms with Gasteiger partial charge in [0.2, 0.25) is 0 Å². The van der Waals surface area contributed by atoms with E-state index < -0.39 is 0 Å². The van der Waals surface area contributed by atoms with E-state index in [4.69, 9.17) is 9.72 Å². The van der Waals surface area contributed by atoms with Crippen LogP contribution in [0.25, 0.3) is 20.8 Å². The second-order valence-electron chi connectivity index (χ2n) is 6.10. The van der Waals surface area contributed by atoms with E-state index in [1.807, 2.05) is 30.3 Å². The van der Waals surface area contributed by atoms with Crippen molar-refractivity contribution in [2.45, 2.75) is 25.5 Å². The molecule has 0 amide bonds. The Morgan fingerprint density at radius 2 is 2.17 bits per heavy atom. The van der Waals surface area contributed by atoms with Crippen LogP contribution in [0, 0.1) is 0 Å². The van der Waals surface area contributed by atoms with E-state index in [2.05, 4.69) is 11.4 Å². The third-order valence-corrected chi connectivity index (χ3v) is 5.42. The van der Waals surface area contributed by atoms with Crippen LogP contribution in [0.4, 0.5) is 0 Å². The van der Waals surface area contributed by atoms with Crippen LogP contribution in [0.15, 0.2) is 42.5 Å². The van der Waals surface area contributed by atoms with Crippen molar-refractivity contribution in [1.82, 2.24) is 10.3 Å². The molecule has 0 bridgehead atoms. The molecular weight excluding hydrogens is 320 g/mol. The number of nitrogens with zero attached hydrogens (tertiary/aromatic N) is 1. The van der Waals surface area contributed by atoms with E-state index in [0.29, 0.717) is 18.4 Å². The van der Waals surface area contributed by atoms with E-state index in [1.165, 1.54) is 4.70 Å². The number of phenols is 1. The maximum Gasteiger partial charge on any atom is 0.124 e. The van der Waals surface area contributed by atoms with Gasteiger partial charge in [0.05, 0.1) is 16.3 Å². The summed E-state index contributed by atoms with van der Waals surface area (Å²) in [5.41, 5.74) is 2.95. The van der Waals surface area contributed by atoms with Gasteiger partial charge in [-0.25, -0.2) is 4.98 Å². The number of hydrogen-bond acceptors (Lipinski definition) is 5. The van der Waals surface area contributed by atoms with Crippen LogP contribution in [-0.4, -0.2) is 29.3 Å². The number of para-hydroxylation sites is 1. The highest BCUT2D eigenvalue weighted by molar-refractivity contribution is 7.21. The van der Waals surface area contributed by atoms with Gasteiger partial charge in [-0.3, -0.25) is 0 Å². The Balaban J connectivity index is 1.51. The molecule has 0 unspecified atom stereocenters. The van der Waals surface area contributed by atoms with Crippen LogP contribution in [0.1, 0.15) is 18.4 Å². The van der Waals surface area contributed by atoms with Crippen molar-refractivity contribution < 1.29 is 9.84 Å². The van der Waals surface area contributed by atoms with Crippen molar-refractivity contribution in [2.24, 2.45) is 0 Å². The fourth-order valence-corrected chi connectivity index (χ4v) is 3.99. The minimum Gasteiger partial charge on any atom is -0.508 e. The molecule has 2 aromatic carbocycles. The van der Waals surface area contributed by atoms with Gasteiger partial charge in [0.1, 0.15) is 10.8 Å². The Morgan fingerprint density at radius 1 is 1.25 bits per heavy atom. The first-order chi connectivity index (χ1) is 11.8. The predicted octanol–water partition coefficient (Wildman–Crippen LogP) is 3.94. The van der Waals surface area contributed by atoms with Gasteiger partial charge >= 0.3 is 0 Å². The zero-order valence-electron chi connectivity index (χ0n) is 13.4. The van der Waals surface area contributed by atoms with Gasteiger partial charge < -0.3 is 15.2 Å². The van der Waals surface area contributed by atoms with Crippen molar-refractivity contribution >= 4 is 21.6 Å². The molecule has 1 fully saturated rings. The lowest BCUT2D eigenvalue weighted by Gasteiger charge is -2.12. The number of aromatic hydroxyl groups is 1. The number of benzene rings is 2. The Bertz CT molecular complexity index is 807. The molecule has 0 aliphatic carbocycles. The van der Waals surface area contributed by atoms with Gasteiger partial charge in [-0.2, -0.15) is 0 Å². The van der Waals surface area contributed by atoms with E-state index >= 15 is 0 Å². The summed E-state index contributed by atoms with van der Waals surface area (Å²) < 4.78 is 6.79. The fourth-order valence-electron chi connectivity index (χ4n) is 3.03. The third kappa shape index (κ3) is 3.29. The molecule has 2 N–H and O–H groups in total. The second-order valence-corrected chi connectivity index (χ2v) is 7.13. The van der Waals surface area contributed by atoms with E-state index in [-0.39, 0.29) is 0 Å². The first-order valence-electron chi connectivity index (χ1n) is 8.30. The van der Waals surface area contributed by atoms with Crippen LogP contribution in [0.3, 0.4) is 0 Å². The molecular formula is C19H20N2O2S. The highest BCUT2D eigenvalue weighted by atomic mass is 32.1. The molecule has 24 heavy (non-hydrogen) atoms. The van der Waals surface area contributed by atoms with Crippen LogP contribution < -0.4 is 5.32 Å². The molecule has 2 heterocycles. The highest BCUT2D eigenvalue weighted by Gasteiger charge is 2.15. The lowest BCUT2D eigenvalue weighted by Crippen LogP contribution is -2.25. The molecule has 4 rings (SSSR count). The molecule has 3 aromatic rings. The summed E-state index contributed by atoms with van der Waals surface area (Å²) in [6.07, 6.45) is 2.56. The SMILES string of the molecule is Oc1ccc(-c2nc3ccccc3s2)cc1CNC[C@@H]1CCCO1. The van der Waals surface area contributed by atoms with Crippen molar-refractivity contribution in [1.29, 1.82) is 0 Å². The zero-order valence-corrected chi connectivity index (χ0v) is 14.2. The zero-order chi connectivity index (χ0) is 16.4. The summed E-state index contributed by atoms with van der Waals surface area (Å²) in [5.74, 6) is 0.319. The molecule has 0 radical (unpaired) electrons. The first-order valence-corrected chi connectivity index (χ1v) is 9.11. The number of phenolic OH excluding ortho intramolecular Hbond substituents is 1. The minimum atomic E-state index is 0.305. The maximum absolute atomic E-state index is 10.1. The van der Waals surface area contributed by atoms with Crippen LogP contribution in [0.5, 0.6) is 5.75 Å². The molecule has 0 saturated carbocycles. The van der Waals surface area contributed by atoms with Gasteiger partial charge in [-0.15, -0.1) is 11.3 Å². The number of fused-ring (bicyclic) bond motifs is 1. The Labute approximate surface area is 145 Å². The molecule has 1 aliphatic rings. The highest BCUT2D eigenvalue weighted by Crippen LogP contribution is 2.32. The summed E-state index contributed by atoms with van der Waals surface area (Å²) in [6.45, 7) is 2.32. The summed E-state index contributed by atoms with van der Waals surface area (Å²) in [5, 5.41) is 14.5. The summed E-state index contributed by atoms with van der Waals surface area (Å²) in [7, 11) is 0. The van der Waals surface area contributed by atoms with Crippen LogP contribution in [0.2, 0.25) is 0 Å². The number of ether oxygens (including phenoxy) is 1. The summed E-state index contributed by atoms with van der Waals surface area (Å²) in [6, 6.07) is 13.8. The van der Waals surface area contributed by atoms with Crippen molar-refractivity contribution in [3.05, 3.63) is 48.0 Å². The lowest BCUT2D eigenvalue weighted by atomic mass is 10.1. The predicted molar refractivity (Wildman–Crippen MR) is 97.4 cm³/mol. The number of hydrogen-bond donors (Lipinski definition) is 2. The van der Waals surface area contributed by atoms with Gasteiger partial charge in [0, 0.05) is 30.8 Å². The van der Waals surface area contributed by atoms with Gasteiger partial charge in [-0.05, 0) is 43.2 Å². The molecule has 4 nitrogen and oxygen atoms in total. The molecule has 0 spiro atoms. The van der Waals surface area contributed by atoms with E-state index in [0.717, 1.165) is 47.6 Å². The smallest absolute Gasteiger partial charge is 0.124 e. The maximum atomic E-state index is 10.1. The lowest BCUT2D eigenvalue weighted by molar-refractivity contribution is 0.110. The minimum absolute atomic E-state index is 0.305. The number of rotatable bonds is 5. The fraction of sp³-hybridized carbons (Fsp3) is 0.316. The molecule has 5 heteroatoms. The second kappa shape index (κ2) is 6.89. The summed E-state index contributed by atoms with van der Waals surface area (Å²) in [4.78, 5) is 4.69. The standard InChI is InChI=1S/C19H20N2O2S/c22-17-8-7-13(19-21-16-5-1-2-6-18(16)24-19)10-14(17)11-20-12-15-4-3-9-23-15/h1-2,5-8,10,15,20,22H,3-4,9,11-12H2/t15-/m0/s1. The molecule has 1 aromatic heterocycles. The number of aromatic nitrogens is 1. The van der Waals surface area contributed by atoms with Gasteiger partial charge in [0.25, 0.3) is 0 Å². The molecule has 1 aliphatic heterocycles. The normalized spacial score (nSPS) is 17.6. The third-order valence-electron chi connectivity index (χ3n) is 4.33. The largest absolute Gasteiger partial charge is 0.508 e. The van der Waals surface area contributed by atoms with Crippen molar-refractivity contribution in [2.75, 3.05) is 13.2 Å². The topological polar surface area (TPSA) is 54.4 Å². The average Bonchev–Trinajstić information content (AvgIpc) is 3.25. The monoisotopic (exact) mass is 340 g/mol. The first kappa shape index (κ1) is 15.6. The molecule has 124 valence electrons. The molecule has 1 saturated heterocycles. The van der Waals surface area contributed by atoms with Gasteiger partial charge in [-0.1, -0.05) is 12.1 Å². The quantitative estimate of drug-likeness (QED) is 0.739. The van der Waals surface area contributed by atoms with Crippen molar-refractivity contribution in [3.63, 3.8) is 0 Å². The van der Waals surface area contributed by atoms with E-state index in [1.54, 1.807) is 17.4 Å². The Hall–Kier alpha value is -1.95. The van der Waals surface area contributed by atoms with Crippen molar-refractivity contribution in [3.8, 4) is 16.3 Å². The Kier molecular flexibility index (Phi) is 4.47.